The normalized spacial score (nSPS) is 11.0. The van der Waals surface area contributed by atoms with Crippen LogP contribution in [0, 0.1) is 0 Å². The highest BCUT2D eigenvalue weighted by Gasteiger charge is 2.03. The molecule has 1 aromatic carbocycles. The zero-order valence-corrected chi connectivity index (χ0v) is 11.3. The number of para-hydroxylation sites is 1. The molecule has 1 N–H and O–H groups in total. The molecular formula is C15H11N3OS. The third-order valence-corrected chi connectivity index (χ3v) is 3.35. The van der Waals surface area contributed by atoms with Gasteiger partial charge in [0, 0.05) is 23.0 Å². The lowest BCUT2D eigenvalue weighted by molar-refractivity contribution is -0.111. The summed E-state index contributed by atoms with van der Waals surface area (Å²) in [6.07, 6.45) is 4.87. The van der Waals surface area contributed by atoms with Gasteiger partial charge in [0.25, 0.3) is 0 Å². The molecule has 0 saturated carbocycles. The molecule has 0 aliphatic carbocycles. The van der Waals surface area contributed by atoms with Gasteiger partial charge in [-0.15, -0.1) is 11.3 Å². The number of fused-ring (bicyclic) bond motifs is 1. The third kappa shape index (κ3) is 2.73. The van der Waals surface area contributed by atoms with Crippen LogP contribution in [0.25, 0.3) is 17.0 Å². The number of thiazole rings is 1. The van der Waals surface area contributed by atoms with E-state index >= 15 is 0 Å². The third-order valence-electron chi connectivity index (χ3n) is 2.75. The van der Waals surface area contributed by atoms with Crippen molar-refractivity contribution < 1.29 is 4.79 Å². The number of pyridine rings is 1. The first-order valence-corrected chi connectivity index (χ1v) is 6.98. The molecule has 2 heterocycles. The van der Waals surface area contributed by atoms with Crippen molar-refractivity contribution >= 4 is 39.9 Å². The minimum Gasteiger partial charge on any atom is -0.321 e. The molecule has 0 bridgehead atoms. The number of hydrogen-bond acceptors (Lipinski definition) is 4. The summed E-state index contributed by atoms with van der Waals surface area (Å²) in [5.74, 6) is -0.198. The summed E-state index contributed by atoms with van der Waals surface area (Å²) in [5, 5.41) is 5.71. The lowest BCUT2D eigenvalue weighted by Gasteiger charge is -2.05. The molecule has 0 atom stereocenters. The maximum atomic E-state index is 11.9. The second-order valence-electron chi connectivity index (χ2n) is 4.12. The van der Waals surface area contributed by atoms with Crippen molar-refractivity contribution in [1.29, 1.82) is 0 Å². The lowest BCUT2D eigenvalue weighted by Crippen LogP contribution is -2.08. The summed E-state index contributed by atoms with van der Waals surface area (Å²) in [5.41, 5.74) is 3.99. The first-order chi connectivity index (χ1) is 9.83. The lowest BCUT2D eigenvalue weighted by atomic mass is 10.2. The van der Waals surface area contributed by atoms with Gasteiger partial charge in [-0.3, -0.25) is 9.78 Å². The van der Waals surface area contributed by atoms with E-state index in [1.54, 1.807) is 17.8 Å². The number of hydrogen-bond donors (Lipinski definition) is 1. The smallest absolute Gasteiger partial charge is 0.248 e. The molecule has 0 spiro atoms. The average Bonchev–Trinajstić information content (AvgIpc) is 2.99. The Morgan fingerprint density at radius 2 is 2.10 bits per heavy atom. The van der Waals surface area contributed by atoms with Gasteiger partial charge in [0.1, 0.15) is 0 Å². The standard InChI is InChI=1S/C15H11N3OS/c19-14(7-6-12-9-20-10-17-12)18-13-5-1-3-11-4-2-8-16-15(11)13/h1-10H,(H,18,19)/b7-6+. The Morgan fingerprint density at radius 1 is 1.20 bits per heavy atom. The van der Waals surface area contributed by atoms with E-state index in [-0.39, 0.29) is 5.91 Å². The van der Waals surface area contributed by atoms with Gasteiger partial charge in [0.15, 0.2) is 0 Å². The highest BCUT2D eigenvalue weighted by molar-refractivity contribution is 7.07. The van der Waals surface area contributed by atoms with Crippen molar-refractivity contribution in [2.75, 3.05) is 5.32 Å². The van der Waals surface area contributed by atoms with Crippen LogP contribution >= 0.6 is 11.3 Å². The summed E-state index contributed by atoms with van der Waals surface area (Å²) in [6, 6.07) is 9.52. The van der Waals surface area contributed by atoms with Crippen LogP contribution in [0.4, 0.5) is 5.69 Å². The molecule has 1 amide bonds. The van der Waals surface area contributed by atoms with E-state index in [4.69, 9.17) is 0 Å². The number of carbonyl (C=O) groups excluding carboxylic acids is 1. The Labute approximate surface area is 119 Å². The fourth-order valence-electron chi connectivity index (χ4n) is 1.84. The van der Waals surface area contributed by atoms with E-state index in [2.05, 4.69) is 15.3 Å². The van der Waals surface area contributed by atoms with Crippen LogP contribution < -0.4 is 5.32 Å². The summed E-state index contributed by atoms with van der Waals surface area (Å²) < 4.78 is 0. The number of nitrogens with one attached hydrogen (secondary N) is 1. The van der Waals surface area contributed by atoms with Gasteiger partial charge in [0.05, 0.1) is 22.4 Å². The highest BCUT2D eigenvalue weighted by atomic mass is 32.1. The van der Waals surface area contributed by atoms with E-state index in [0.717, 1.165) is 16.6 Å². The number of benzene rings is 1. The van der Waals surface area contributed by atoms with E-state index in [1.165, 1.54) is 17.4 Å². The molecule has 0 saturated heterocycles. The van der Waals surface area contributed by atoms with Crippen molar-refractivity contribution in [3.05, 3.63) is 59.2 Å². The Hall–Kier alpha value is -2.53. The van der Waals surface area contributed by atoms with Crippen LogP contribution in [0.2, 0.25) is 0 Å². The molecule has 98 valence electrons. The van der Waals surface area contributed by atoms with Gasteiger partial charge >= 0.3 is 0 Å². The summed E-state index contributed by atoms with van der Waals surface area (Å²) in [7, 11) is 0. The predicted molar refractivity (Wildman–Crippen MR) is 81.5 cm³/mol. The van der Waals surface area contributed by atoms with Gasteiger partial charge in [-0.25, -0.2) is 4.98 Å². The van der Waals surface area contributed by atoms with Crippen molar-refractivity contribution in [2.24, 2.45) is 0 Å². The van der Waals surface area contributed by atoms with Crippen LogP contribution in [-0.2, 0) is 4.79 Å². The molecule has 0 radical (unpaired) electrons. The number of aromatic nitrogens is 2. The Kier molecular flexibility index (Phi) is 3.52. The van der Waals surface area contributed by atoms with Crippen LogP contribution in [0.1, 0.15) is 5.69 Å². The van der Waals surface area contributed by atoms with Crippen molar-refractivity contribution in [3.63, 3.8) is 0 Å². The molecule has 3 rings (SSSR count). The largest absolute Gasteiger partial charge is 0.321 e. The van der Waals surface area contributed by atoms with Crippen LogP contribution in [-0.4, -0.2) is 15.9 Å². The molecule has 3 aromatic rings. The molecular weight excluding hydrogens is 270 g/mol. The molecule has 2 aromatic heterocycles. The quantitative estimate of drug-likeness (QED) is 0.749. The number of anilines is 1. The fourth-order valence-corrected chi connectivity index (χ4v) is 2.37. The number of amides is 1. The van der Waals surface area contributed by atoms with Gasteiger partial charge in [-0.2, -0.15) is 0 Å². The molecule has 5 heteroatoms. The van der Waals surface area contributed by atoms with Crippen LogP contribution in [0.3, 0.4) is 0 Å². The molecule has 0 unspecified atom stereocenters. The summed E-state index contributed by atoms with van der Waals surface area (Å²) >= 11 is 1.49. The topological polar surface area (TPSA) is 54.9 Å². The Morgan fingerprint density at radius 3 is 2.95 bits per heavy atom. The molecule has 0 fully saturated rings. The van der Waals surface area contributed by atoms with Crippen molar-refractivity contribution in [1.82, 2.24) is 9.97 Å². The van der Waals surface area contributed by atoms with E-state index in [1.807, 2.05) is 35.7 Å². The summed E-state index contributed by atoms with van der Waals surface area (Å²) in [4.78, 5) is 20.3. The van der Waals surface area contributed by atoms with Gasteiger partial charge < -0.3 is 5.32 Å². The number of carbonyl (C=O) groups is 1. The maximum Gasteiger partial charge on any atom is 0.248 e. The molecule has 4 nitrogen and oxygen atoms in total. The van der Waals surface area contributed by atoms with Gasteiger partial charge in [0.2, 0.25) is 5.91 Å². The van der Waals surface area contributed by atoms with Crippen LogP contribution in [0.5, 0.6) is 0 Å². The first kappa shape index (κ1) is 12.5. The first-order valence-electron chi connectivity index (χ1n) is 6.04. The minimum absolute atomic E-state index is 0.198. The van der Waals surface area contributed by atoms with E-state index in [0.29, 0.717) is 5.69 Å². The molecule has 20 heavy (non-hydrogen) atoms. The monoisotopic (exact) mass is 281 g/mol. The Bertz CT molecular complexity index is 760. The van der Waals surface area contributed by atoms with Crippen LogP contribution in [0.15, 0.2) is 53.5 Å². The number of rotatable bonds is 3. The number of nitrogens with zero attached hydrogens (tertiary/aromatic N) is 2. The zero-order chi connectivity index (χ0) is 13.8. The molecule has 0 aliphatic rings. The highest BCUT2D eigenvalue weighted by Crippen LogP contribution is 2.20. The van der Waals surface area contributed by atoms with E-state index in [9.17, 15) is 4.79 Å². The average molecular weight is 281 g/mol. The summed E-state index contributed by atoms with van der Waals surface area (Å²) in [6.45, 7) is 0. The maximum absolute atomic E-state index is 11.9. The second-order valence-corrected chi connectivity index (χ2v) is 4.84. The SMILES string of the molecule is O=C(/C=C/c1cscn1)Nc1cccc2cccnc12. The minimum atomic E-state index is -0.198. The van der Waals surface area contributed by atoms with Gasteiger partial charge in [-0.05, 0) is 18.2 Å². The zero-order valence-electron chi connectivity index (χ0n) is 10.5. The predicted octanol–water partition coefficient (Wildman–Crippen LogP) is 3.34. The Balaban J connectivity index is 1.81. The van der Waals surface area contributed by atoms with Gasteiger partial charge in [-0.1, -0.05) is 18.2 Å². The fraction of sp³-hybridized carbons (Fsp3) is 0. The van der Waals surface area contributed by atoms with Crippen molar-refractivity contribution in [2.45, 2.75) is 0 Å². The van der Waals surface area contributed by atoms with Crippen molar-refractivity contribution in [3.8, 4) is 0 Å². The second kappa shape index (κ2) is 5.63. The van der Waals surface area contributed by atoms with E-state index < -0.39 is 0 Å². The molecule has 0 aliphatic heterocycles.